The van der Waals surface area contributed by atoms with Crippen LogP contribution in [0.4, 0.5) is 5.69 Å². The van der Waals surface area contributed by atoms with Crippen LogP contribution in [0, 0.1) is 6.92 Å². The van der Waals surface area contributed by atoms with Gasteiger partial charge in [0.05, 0.1) is 12.2 Å². The number of nitrogen functional groups attached to an aromatic ring is 1. The van der Waals surface area contributed by atoms with Gasteiger partial charge in [0.1, 0.15) is 0 Å². The molecule has 0 saturated heterocycles. The fourth-order valence-corrected chi connectivity index (χ4v) is 2.06. The van der Waals surface area contributed by atoms with Gasteiger partial charge >= 0.3 is 0 Å². The normalized spacial score (nSPS) is 10.6. The predicted molar refractivity (Wildman–Crippen MR) is 79.9 cm³/mol. The summed E-state index contributed by atoms with van der Waals surface area (Å²) in [6.07, 6.45) is 0.789. The lowest BCUT2D eigenvalue weighted by atomic mass is 10.1. The minimum absolute atomic E-state index is 0.0475. The molecule has 20 heavy (non-hydrogen) atoms. The largest absolute Gasteiger partial charge is 0.398 e. The molecule has 5 nitrogen and oxygen atoms in total. The Kier molecular flexibility index (Phi) is 7.04. The number of anilines is 1. The molecule has 0 heterocycles. The number of aryl methyl sites for hydroxylation is 1. The van der Waals surface area contributed by atoms with Crippen LogP contribution in [0.1, 0.15) is 22.3 Å². The van der Waals surface area contributed by atoms with Crippen molar-refractivity contribution in [3.05, 3.63) is 29.3 Å². The molecule has 0 fully saturated rings. The maximum Gasteiger partial charge on any atom is 0.256 e. The van der Waals surface area contributed by atoms with Crippen molar-refractivity contribution in [2.75, 3.05) is 46.3 Å². The Morgan fingerprint density at radius 2 is 1.90 bits per heavy atom. The van der Waals surface area contributed by atoms with Gasteiger partial charge in [0.15, 0.2) is 0 Å². The van der Waals surface area contributed by atoms with Crippen molar-refractivity contribution in [2.24, 2.45) is 0 Å². The Balaban J connectivity index is 2.85. The zero-order valence-electron chi connectivity index (χ0n) is 12.5. The van der Waals surface area contributed by atoms with Gasteiger partial charge in [-0.3, -0.25) is 4.79 Å². The standard InChI is InChI=1S/C15H24N2O3/c1-12-6-4-7-13(16)14(12)15(18)17(9-11-20-3)8-5-10-19-2/h4,6-7H,5,8-11,16H2,1-3H3. The second-order valence-corrected chi connectivity index (χ2v) is 4.67. The van der Waals surface area contributed by atoms with Crippen molar-refractivity contribution in [1.29, 1.82) is 0 Å². The molecular weight excluding hydrogens is 256 g/mol. The van der Waals surface area contributed by atoms with Crippen molar-refractivity contribution >= 4 is 11.6 Å². The van der Waals surface area contributed by atoms with Crippen molar-refractivity contribution in [2.45, 2.75) is 13.3 Å². The molecule has 0 aromatic heterocycles. The number of benzene rings is 1. The SMILES string of the molecule is COCCCN(CCOC)C(=O)c1c(C)cccc1N. The minimum atomic E-state index is -0.0475. The van der Waals surface area contributed by atoms with Crippen LogP contribution in [0.2, 0.25) is 0 Å². The van der Waals surface area contributed by atoms with Gasteiger partial charge in [0.2, 0.25) is 0 Å². The third-order valence-corrected chi connectivity index (χ3v) is 3.15. The van der Waals surface area contributed by atoms with Crippen molar-refractivity contribution in [3.8, 4) is 0 Å². The van der Waals surface area contributed by atoms with E-state index in [0.717, 1.165) is 12.0 Å². The second-order valence-electron chi connectivity index (χ2n) is 4.67. The summed E-state index contributed by atoms with van der Waals surface area (Å²) >= 11 is 0. The van der Waals surface area contributed by atoms with E-state index in [9.17, 15) is 4.79 Å². The van der Waals surface area contributed by atoms with Crippen LogP contribution in [-0.4, -0.2) is 51.3 Å². The molecule has 0 saturated carbocycles. The van der Waals surface area contributed by atoms with E-state index < -0.39 is 0 Å². The first kappa shape index (κ1) is 16.5. The van der Waals surface area contributed by atoms with Gasteiger partial charge in [-0.25, -0.2) is 0 Å². The number of carbonyl (C=O) groups excluding carboxylic acids is 1. The summed E-state index contributed by atoms with van der Waals surface area (Å²) in [5, 5.41) is 0. The van der Waals surface area contributed by atoms with E-state index in [1.165, 1.54) is 0 Å². The van der Waals surface area contributed by atoms with Crippen LogP contribution in [0.3, 0.4) is 0 Å². The predicted octanol–water partition coefficient (Wildman–Crippen LogP) is 1.70. The number of amides is 1. The van der Waals surface area contributed by atoms with Crippen molar-refractivity contribution in [1.82, 2.24) is 4.90 Å². The first-order chi connectivity index (χ1) is 9.61. The maximum absolute atomic E-state index is 12.6. The first-order valence-corrected chi connectivity index (χ1v) is 6.74. The van der Waals surface area contributed by atoms with Gasteiger partial charge in [-0.15, -0.1) is 0 Å². The number of nitrogens with zero attached hydrogens (tertiary/aromatic N) is 1. The van der Waals surface area contributed by atoms with Crippen molar-refractivity contribution in [3.63, 3.8) is 0 Å². The second kappa shape index (κ2) is 8.55. The monoisotopic (exact) mass is 280 g/mol. The van der Waals surface area contributed by atoms with Crippen molar-refractivity contribution < 1.29 is 14.3 Å². The Hall–Kier alpha value is -1.59. The molecule has 1 amide bonds. The summed E-state index contributed by atoms with van der Waals surface area (Å²) in [7, 11) is 3.28. The molecule has 0 spiro atoms. The summed E-state index contributed by atoms with van der Waals surface area (Å²) in [5.74, 6) is -0.0475. The van der Waals surface area contributed by atoms with Gasteiger partial charge in [0, 0.05) is 39.6 Å². The minimum Gasteiger partial charge on any atom is -0.398 e. The number of nitrogens with two attached hydrogens (primary N) is 1. The third-order valence-electron chi connectivity index (χ3n) is 3.15. The molecule has 0 aliphatic heterocycles. The number of hydrogen-bond acceptors (Lipinski definition) is 4. The summed E-state index contributed by atoms with van der Waals surface area (Å²) in [4.78, 5) is 14.4. The van der Waals surface area contributed by atoms with Crippen LogP contribution < -0.4 is 5.73 Å². The average molecular weight is 280 g/mol. The molecule has 1 aromatic rings. The fourth-order valence-electron chi connectivity index (χ4n) is 2.06. The van der Waals surface area contributed by atoms with Gasteiger partial charge in [-0.1, -0.05) is 12.1 Å². The molecule has 112 valence electrons. The fraction of sp³-hybridized carbons (Fsp3) is 0.533. The lowest BCUT2D eigenvalue weighted by Crippen LogP contribution is -2.36. The van der Waals surface area contributed by atoms with Gasteiger partial charge < -0.3 is 20.1 Å². The summed E-state index contributed by atoms with van der Waals surface area (Å²) < 4.78 is 10.1. The molecule has 0 bridgehead atoms. The van der Waals surface area contributed by atoms with Crippen LogP contribution in [-0.2, 0) is 9.47 Å². The lowest BCUT2D eigenvalue weighted by Gasteiger charge is -2.24. The smallest absolute Gasteiger partial charge is 0.256 e. The van der Waals surface area contributed by atoms with Crippen LogP contribution in [0.5, 0.6) is 0 Å². The Morgan fingerprint density at radius 3 is 2.50 bits per heavy atom. The molecule has 0 radical (unpaired) electrons. The van der Waals surface area contributed by atoms with Gasteiger partial charge in [0.25, 0.3) is 5.91 Å². The number of ether oxygens (including phenoxy) is 2. The first-order valence-electron chi connectivity index (χ1n) is 6.74. The molecule has 0 aliphatic carbocycles. The highest BCUT2D eigenvalue weighted by Crippen LogP contribution is 2.18. The molecule has 1 rings (SSSR count). The number of rotatable bonds is 8. The van der Waals surface area contributed by atoms with Crippen LogP contribution in [0.25, 0.3) is 0 Å². The molecule has 0 atom stereocenters. The highest BCUT2D eigenvalue weighted by molar-refractivity contribution is 6.00. The Morgan fingerprint density at radius 1 is 1.20 bits per heavy atom. The zero-order chi connectivity index (χ0) is 15.0. The summed E-state index contributed by atoms with van der Waals surface area (Å²) in [6, 6.07) is 5.50. The van der Waals surface area contributed by atoms with Crippen LogP contribution >= 0.6 is 0 Å². The zero-order valence-corrected chi connectivity index (χ0v) is 12.5. The lowest BCUT2D eigenvalue weighted by molar-refractivity contribution is 0.0674. The molecular formula is C15H24N2O3. The van der Waals surface area contributed by atoms with E-state index in [4.69, 9.17) is 15.2 Å². The van der Waals surface area contributed by atoms with E-state index in [-0.39, 0.29) is 5.91 Å². The Bertz CT molecular complexity index is 415. The quantitative estimate of drug-likeness (QED) is 0.581. The maximum atomic E-state index is 12.6. The highest BCUT2D eigenvalue weighted by Gasteiger charge is 2.19. The molecule has 1 aromatic carbocycles. The van der Waals surface area contributed by atoms with Crippen LogP contribution in [0.15, 0.2) is 18.2 Å². The molecule has 5 heteroatoms. The molecule has 2 N–H and O–H groups in total. The van der Waals surface area contributed by atoms with E-state index in [2.05, 4.69) is 0 Å². The number of carbonyl (C=O) groups is 1. The van der Waals surface area contributed by atoms with E-state index in [1.807, 2.05) is 19.1 Å². The number of methoxy groups -OCH3 is 2. The Labute approximate surface area is 120 Å². The number of hydrogen-bond donors (Lipinski definition) is 1. The average Bonchev–Trinajstić information content (AvgIpc) is 2.42. The topological polar surface area (TPSA) is 64.8 Å². The highest BCUT2D eigenvalue weighted by atomic mass is 16.5. The van der Waals surface area contributed by atoms with Gasteiger partial charge in [-0.05, 0) is 25.0 Å². The third kappa shape index (κ3) is 4.51. The van der Waals surface area contributed by atoms with E-state index >= 15 is 0 Å². The van der Waals surface area contributed by atoms with Gasteiger partial charge in [-0.2, -0.15) is 0 Å². The van der Waals surface area contributed by atoms with E-state index in [1.54, 1.807) is 25.2 Å². The molecule has 0 unspecified atom stereocenters. The van der Waals surface area contributed by atoms with E-state index in [0.29, 0.717) is 37.6 Å². The summed E-state index contributed by atoms with van der Waals surface area (Å²) in [6.45, 7) is 4.20. The molecule has 0 aliphatic rings. The summed E-state index contributed by atoms with van der Waals surface area (Å²) in [5.41, 5.74) is 7.93.